The van der Waals surface area contributed by atoms with Gasteiger partial charge in [0.1, 0.15) is 0 Å². The average Bonchev–Trinajstić information content (AvgIpc) is 1.27. The molecule has 0 atom stereocenters. The smallest absolute Gasteiger partial charge is 0.193 e. The number of nitrogens with zero attached hydrogens (tertiary/aromatic N) is 1. The van der Waals surface area contributed by atoms with Crippen molar-refractivity contribution in [2.45, 2.75) is 0 Å². The Morgan fingerprint density at radius 3 is 1.25 bits per heavy atom. The molecule has 0 fully saturated rings. The standard InChI is InChI=1S/Cl5NOS/c1-6(2)8(3,4,5)7. The Kier molecular flexibility index (Phi) is 2.76. The Bertz CT molecular complexity index is 133. The molecule has 0 heterocycles. The minimum atomic E-state index is -4.43. The second-order valence-corrected chi connectivity index (χ2v) is 10.3. The van der Waals surface area contributed by atoms with E-state index in [9.17, 15) is 4.21 Å². The summed E-state index contributed by atoms with van der Waals surface area (Å²) in [6, 6.07) is 0. The van der Waals surface area contributed by atoms with Crippen molar-refractivity contribution in [3.05, 3.63) is 0 Å². The van der Waals surface area contributed by atoms with Gasteiger partial charge >= 0.3 is 0 Å². The lowest BCUT2D eigenvalue weighted by molar-refractivity contribution is 0.674. The van der Waals surface area contributed by atoms with Crippen LogP contribution in [0.2, 0.25) is 0 Å². The van der Waals surface area contributed by atoms with Crippen LogP contribution in [0.5, 0.6) is 0 Å². The molecular formula is Cl5NOS. The van der Waals surface area contributed by atoms with Gasteiger partial charge in [-0.15, -0.1) is 0 Å². The highest BCUT2D eigenvalue weighted by atomic mass is 36.2. The largest absolute Gasteiger partial charge is 0.221 e. The van der Waals surface area contributed by atoms with Crippen molar-refractivity contribution in [3.8, 4) is 0 Å². The third-order valence-electron chi connectivity index (χ3n) is 0.213. The number of halogens is 5. The second-order valence-electron chi connectivity index (χ2n) is 0.847. The van der Waals surface area contributed by atoms with E-state index in [2.05, 4.69) is 0 Å². The van der Waals surface area contributed by atoms with Gasteiger partial charge in [0.2, 0.25) is 0 Å². The molecule has 0 aromatic rings. The van der Waals surface area contributed by atoms with Crippen molar-refractivity contribution >= 4 is 62.5 Å². The molecule has 0 unspecified atom stereocenters. The molecule has 52 valence electrons. The van der Waals surface area contributed by atoms with Crippen LogP contribution in [-0.2, 0) is 6.89 Å². The molecule has 0 aromatic heterocycles. The summed E-state index contributed by atoms with van der Waals surface area (Å²) in [4.78, 5) is 0. The normalized spacial score (nSPS) is 18.0. The van der Waals surface area contributed by atoms with Crippen LogP contribution in [-0.4, -0.2) is 7.55 Å². The van der Waals surface area contributed by atoms with Crippen LogP contribution in [0.15, 0.2) is 0 Å². The first-order valence-corrected chi connectivity index (χ1v) is 6.23. The van der Waals surface area contributed by atoms with Gasteiger partial charge in [-0.1, -0.05) is 0 Å². The van der Waals surface area contributed by atoms with Crippen molar-refractivity contribution in [1.29, 1.82) is 0 Å². The van der Waals surface area contributed by atoms with Gasteiger partial charge in [-0.05, 0) is 3.34 Å². The van der Waals surface area contributed by atoms with Crippen molar-refractivity contribution in [2.24, 2.45) is 0 Å². The highest BCUT2D eigenvalue weighted by molar-refractivity contribution is 8.66. The zero-order valence-electron chi connectivity index (χ0n) is 3.15. The first kappa shape index (κ1) is 9.56. The fraction of sp³-hybridized carbons (Fsp3) is 0. The van der Waals surface area contributed by atoms with Crippen LogP contribution in [0.3, 0.4) is 0 Å². The van der Waals surface area contributed by atoms with E-state index in [1.807, 2.05) is 0 Å². The molecule has 8 heteroatoms. The lowest BCUT2D eigenvalue weighted by Gasteiger charge is -2.20. The maximum atomic E-state index is 10.4. The lowest BCUT2D eigenvalue weighted by Crippen LogP contribution is -2.18. The maximum absolute atomic E-state index is 10.4. The highest BCUT2D eigenvalue weighted by Crippen LogP contribution is 2.47. The molecule has 2 nitrogen and oxygen atoms in total. The summed E-state index contributed by atoms with van der Waals surface area (Å²) in [5.41, 5.74) is 0. The molecule has 0 radical (unpaired) electrons. The van der Waals surface area contributed by atoms with E-state index in [-0.39, 0.29) is 3.34 Å². The van der Waals surface area contributed by atoms with Crippen LogP contribution in [0, 0.1) is 0 Å². The number of hydrogen-bond acceptors (Lipinski definition) is 1. The molecule has 0 rings (SSSR count). The zero-order valence-corrected chi connectivity index (χ0v) is 7.75. The summed E-state index contributed by atoms with van der Waals surface area (Å²) < 4.78 is 10.4. The Hall–Kier alpha value is 1.56. The maximum Gasteiger partial charge on any atom is 0.193 e. The molecule has 0 saturated carbocycles. The van der Waals surface area contributed by atoms with E-state index < -0.39 is 6.89 Å². The van der Waals surface area contributed by atoms with Gasteiger partial charge in [-0.2, -0.15) is 0 Å². The Labute approximate surface area is 69.8 Å². The van der Waals surface area contributed by atoms with Gasteiger partial charge in [-0.3, -0.25) is 0 Å². The third-order valence-corrected chi connectivity index (χ3v) is 4.73. The molecule has 0 aromatic carbocycles. The summed E-state index contributed by atoms with van der Waals surface area (Å²) in [6.07, 6.45) is 0. The van der Waals surface area contributed by atoms with E-state index in [4.69, 9.17) is 55.6 Å². The summed E-state index contributed by atoms with van der Waals surface area (Å²) in [5, 5.41) is 0. The molecular weight excluding hydrogens is 239 g/mol. The Balaban J connectivity index is 4.40. The molecule has 0 aliphatic heterocycles. The highest BCUT2D eigenvalue weighted by Gasteiger charge is 2.34. The van der Waals surface area contributed by atoms with E-state index in [0.29, 0.717) is 0 Å². The molecule has 0 aliphatic carbocycles. The average molecular weight is 239 g/mol. The predicted octanol–water partition coefficient (Wildman–Crippen LogP) is 2.79. The van der Waals surface area contributed by atoms with Crippen molar-refractivity contribution in [3.63, 3.8) is 0 Å². The van der Waals surface area contributed by atoms with Crippen molar-refractivity contribution in [2.75, 3.05) is 0 Å². The van der Waals surface area contributed by atoms with Crippen LogP contribution in [0.4, 0.5) is 0 Å². The van der Waals surface area contributed by atoms with E-state index in [1.165, 1.54) is 0 Å². The van der Waals surface area contributed by atoms with Crippen molar-refractivity contribution in [1.82, 2.24) is 3.34 Å². The first-order valence-electron chi connectivity index (χ1n) is 1.15. The van der Waals surface area contributed by atoms with Gasteiger partial charge in [0.05, 0.1) is 0 Å². The van der Waals surface area contributed by atoms with Gasteiger partial charge in [0, 0.05) is 55.6 Å². The number of hydrogen-bond donors (Lipinski definition) is 0. The minimum Gasteiger partial charge on any atom is -0.221 e. The fourth-order valence-electron chi connectivity index (χ4n) is 0. The Morgan fingerprint density at radius 2 is 1.25 bits per heavy atom. The number of rotatable bonds is 1. The molecule has 0 saturated heterocycles. The minimum absolute atomic E-state index is 0.00185. The lowest BCUT2D eigenvalue weighted by atomic mass is 13.9. The fourth-order valence-corrected chi connectivity index (χ4v) is 0. The van der Waals surface area contributed by atoms with Crippen LogP contribution in [0.25, 0.3) is 0 Å². The van der Waals surface area contributed by atoms with Crippen LogP contribution >= 0.6 is 55.6 Å². The van der Waals surface area contributed by atoms with Gasteiger partial charge < -0.3 is 0 Å². The van der Waals surface area contributed by atoms with Gasteiger partial charge in [-0.25, -0.2) is 4.21 Å². The SMILES string of the molecule is O=S(Cl)(Cl)(Cl)N(Cl)Cl. The molecule has 0 N–H and O–H groups in total. The molecule has 0 bridgehead atoms. The third kappa shape index (κ3) is 3.56. The zero-order chi connectivity index (χ0) is 7.02. The Morgan fingerprint density at radius 1 is 1.12 bits per heavy atom. The van der Waals surface area contributed by atoms with Gasteiger partial charge in [0.15, 0.2) is 6.89 Å². The van der Waals surface area contributed by atoms with E-state index >= 15 is 0 Å². The summed E-state index contributed by atoms with van der Waals surface area (Å²) in [7, 11) is 14.6. The first-order chi connectivity index (χ1) is 3.20. The van der Waals surface area contributed by atoms with Crippen LogP contribution < -0.4 is 0 Å². The van der Waals surface area contributed by atoms with E-state index in [1.54, 1.807) is 0 Å². The monoisotopic (exact) mass is 237 g/mol. The van der Waals surface area contributed by atoms with E-state index in [0.717, 1.165) is 0 Å². The second kappa shape index (κ2) is 2.31. The summed E-state index contributed by atoms with van der Waals surface area (Å²) in [5.74, 6) is 0. The van der Waals surface area contributed by atoms with Crippen LogP contribution in [0.1, 0.15) is 0 Å². The van der Waals surface area contributed by atoms with Gasteiger partial charge in [0.25, 0.3) is 0 Å². The molecule has 0 spiro atoms. The molecule has 0 aliphatic rings. The molecule has 0 amide bonds. The summed E-state index contributed by atoms with van der Waals surface area (Å²) in [6.45, 7) is -4.43. The summed E-state index contributed by atoms with van der Waals surface area (Å²) >= 11 is 9.67. The topological polar surface area (TPSA) is 20.3 Å². The molecule has 8 heavy (non-hydrogen) atoms. The quantitative estimate of drug-likeness (QED) is 0.509. The van der Waals surface area contributed by atoms with Crippen molar-refractivity contribution < 1.29 is 4.21 Å². The predicted molar refractivity (Wildman–Crippen MR) is 39.2 cm³/mol.